The lowest BCUT2D eigenvalue weighted by atomic mass is 9.93. The number of aromatic nitrogens is 4. The molecule has 3 aromatic rings. The van der Waals surface area contributed by atoms with Crippen LogP contribution >= 0.6 is 0 Å². The quantitative estimate of drug-likeness (QED) is 0.419. The number of hydrogen-bond acceptors (Lipinski definition) is 8. The molecule has 2 aliphatic rings. The van der Waals surface area contributed by atoms with Gasteiger partial charge in [0.15, 0.2) is 0 Å². The number of carbonyl (C=O) groups is 1. The smallest absolute Gasteiger partial charge is 0.290 e. The van der Waals surface area contributed by atoms with Crippen LogP contribution in [0.2, 0.25) is 0 Å². The third-order valence-electron chi connectivity index (χ3n) is 7.95. The molecule has 3 heterocycles. The van der Waals surface area contributed by atoms with E-state index in [0.29, 0.717) is 11.3 Å². The van der Waals surface area contributed by atoms with E-state index in [1.54, 1.807) is 12.3 Å². The van der Waals surface area contributed by atoms with E-state index < -0.39 is 17.3 Å². The minimum atomic E-state index is -0.621. The van der Waals surface area contributed by atoms with Gasteiger partial charge < -0.3 is 15.1 Å². The Morgan fingerprint density at radius 3 is 2.57 bits per heavy atom. The van der Waals surface area contributed by atoms with Crippen molar-refractivity contribution in [1.29, 1.82) is 0 Å². The molecular weight excluding hydrogens is 559 g/mol. The Morgan fingerprint density at radius 2 is 1.86 bits per heavy atom. The van der Waals surface area contributed by atoms with Crippen molar-refractivity contribution in [2.24, 2.45) is 10.9 Å². The number of allylic oxidation sites excluding steroid dienone is 3. The van der Waals surface area contributed by atoms with Crippen LogP contribution in [0.15, 0.2) is 70.4 Å². The van der Waals surface area contributed by atoms with Gasteiger partial charge in [0.1, 0.15) is 17.2 Å². The first-order valence-electron chi connectivity index (χ1n) is 14.9. The Bertz CT molecular complexity index is 1660. The van der Waals surface area contributed by atoms with Crippen LogP contribution in [0.1, 0.15) is 56.7 Å². The van der Waals surface area contributed by atoms with Gasteiger partial charge in [-0.05, 0) is 62.2 Å². The summed E-state index contributed by atoms with van der Waals surface area (Å²) in [4.78, 5) is 43.6. The highest BCUT2D eigenvalue weighted by molar-refractivity contribution is 6.03. The van der Waals surface area contributed by atoms with E-state index >= 15 is 0 Å². The molecule has 10 nitrogen and oxygen atoms in total. The predicted molar refractivity (Wildman–Crippen MR) is 171 cm³/mol. The van der Waals surface area contributed by atoms with Crippen LogP contribution in [0, 0.1) is 11.7 Å². The van der Waals surface area contributed by atoms with Gasteiger partial charge in [0.25, 0.3) is 11.5 Å². The number of anilines is 1. The van der Waals surface area contributed by atoms with Crippen LogP contribution in [-0.4, -0.2) is 74.8 Å². The number of nitrogens with one attached hydrogen (secondary N) is 2. The Hall–Kier alpha value is -4.51. The summed E-state index contributed by atoms with van der Waals surface area (Å²) in [6.45, 7) is 12.1. The molecule has 44 heavy (non-hydrogen) atoms. The third kappa shape index (κ3) is 7.34. The van der Waals surface area contributed by atoms with Crippen molar-refractivity contribution >= 4 is 23.0 Å². The first-order valence-corrected chi connectivity index (χ1v) is 14.9. The molecule has 0 radical (unpaired) electrons. The fraction of sp³-hybridized carbons (Fsp3) is 0.394. The van der Waals surface area contributed by atoms with Crippen molar-refractivity contribution in [1.82, 2.24) is 30.0 Å². The van der Waals surface area contributed by atoms with Crippen LogP contribution in [-0.2, 0) is 5.41 Å². The number of H-pyrrole nitrogens is 1. The molecule has 11 heteroatoms. The lowest BCUT2D eigenvalue weighted by molar-refractivity contribution is 0.102. The fourth-order valence-electron chi connectivity index (χ4n) is 5.04. The van der Waals surface area contributed by atoms with Gasteiger partial charge in [-0.25, -0.2) is 19.5 Å². The average Bonchev–Trinajstić information content (AvgIpc) is 2.99. The summed E-state index contributed by atoms with van der Waals surface area (Å²) in [5.41, 5.74) is 3.18. The van der Waals surface area contributed by atoms with E-state index in [9.17, 15) is 14.0 Å². The SMILES string of the molecule is CC1CCC=C(N2CCN(C)CC2)/C=C\C1=Nc1cc(-c2ccc(F)c(NC(=O)c3cnc(C(C)(C)C)cn3)c2)n[nH]c1=O. The number of carbonyl (C=O) groups excluding carboxylic acids is 1. The van der Waals surface area contributed by atoms with Crippen LogP contribution in [0.3, 0.4) is 0 Å². The van der Waals surface area contributed by atoms with Crippen molar-refractivity contribution in [3.63, 3.8) is 0 Å². The molecule has 1 aromatic carbocycles. The van der Waals surface area contributed by atoms with Gasteiger partial charge in [-0.1, -0.05) is 33.8 Å². The monoisotopic (exact) mass is 598 g/mol. The van der Waals surface area contributed by atoms with E-state index in [4.69, 9.17) is 4.99 Å². The number of rotatable bonds is 5. The molecular formula is C33H39FN8O2. The van der Waals surface area contributed by atoms with E-state index in [2.05, 4.69) is 61.4 Å². The maximum atomic E-state index is 14.8. The van der Waals surface area contributed by atoms with Crippen molar-refractivity contribution < 1.29 is 9.18 Å². The normalized spacial score (nSPS) is 19.7. The van der Waals surface area contributed by atoms with Gasteiger partial charge in [-0.15, -0.1) is 0 Å². The number of likely N-dealkylation sites (N-methyl/N-ethyl adjacent to an activating group) is 1. The largest absolute Gasteiger partial charge is 0.369 e. The van der Waals surface area contributed by atoms with Gasteiger partial charge >= 0.3 is 0 Å². The molecule has 0 saturated carbocycles. The van der Waals surface area contributed by atoms with Gasteiger partial charge in [-0.2, -0.15) is 5.10 Å². The number of amides is 1. The Kier molecular flexibility index (Phi) is 9.14. The highest BCUT2D eigenvalue weighted by Crippen LogP contribution is 2.27. The fourth-order valence-corrected chi connectivity index (χ4v) is 5.04. The standard InChI is InChI=1S/C33H39FN8O2/c1-21-7-6-8-23(42-15-13-41(5)14-16-42)10-12-25(21)37-28-18-26(39-40-32(28)44)22-9-11-24(34)27(17-22)38-31(43)29-19-36-30(20-35-29)33(2,3)4/h8-12,17-21H,6-7,13-16H2,1-5H3,(H,38,43)(H,40,44)/b12-10-,23-8?,37-25?. The summed E-state index contributed by atoms with van der Waals surface area (Å²) >= 11 is 0. The zero-order valence-corrected chi connectivity index (χ0v) is 25.9. The zero-order chi connectivity index (χ0) is 31.4. The minimum Gasteiger partial charge on any atom is -0.369 e. The third-order valence-corrected chi connectivity index (χ3v) is 7.95. The average molecular weight is 599 g/mol. The maximum absolute atomic E-state index is 14.8. The van der Waals surface area contributed by atoms with Crippen LogP contribution in [0.4, 0.5) is 15.8 Å². The molecule has 1 unspecified atom stereocenters. The van der Waals surface area contributed by atoms with E-state index in [1.807, 2.05) is 26.8 Å². The second kappa shape index (κ2) is 13.0. The van der Waals surface area contributed by atoms with Crippen molar-refractivity contribution in [2.45, 2.75) is 46.0 Å². The minimum absolute atomic E-state index is 0.0464. The summed E-state index contributed by atoms with van der Waals surface area (Å²) in [6, 6.07) is 5.82. The first-order chi connectivity index (χ1) is 21.0. The number of benzene rings is 1. The predicted octanol–water partition coefficient (Wildman–Crippen LogP) is 5.11. The van der Waals surface area contributed by atoms with E-state index in [-0.39, 0.29) is 28.4 Å². The highest BCUT2D eigenvalue weighted by atomic mass is 19.1. The second-order valence-corrected chi connectivity index (χ2v) is 12.4. The number of piperazine rings is 1. The molecule has 1 amide bonds. The van der Waals surface area contributed by atoms with Crippen LogP contribution in [0.5, 0.6) is 0 Å². The molecule has 230 valence electrons. The lowest BCUT2D eigenvalue weighted by Crippen LogP contribution is -2.43. The lowest BCUT2D eigenvalue weighted by Gasteiger charge is -2.35. The highest BCUT2D eigenvalue weighted by Gasteiger charge is 2.20. The summed E-state index contributed by atoms with van der Waals surface area (Å²) in [5.74, 6) is -1.07. The van der Waals surface area contributed by atoms with Crippen molar-refractivity contribution in [3.05, 3.63) is 88.1 Å². The molecule has 0 bridgehead atoms. The molecule has 5 rings (SSSR count). The number of aromatic amines is 1. The molecule has 1 aliphatic carbocycles. The molecule has 2 aromatic heterocycles. The Morgan fingerprint density at radius 1 is 1.09 bits per heavy atom. The van der Waals surface area contributed by atoms with Gasteiger partial charge in [0, 0.05) is 54.8 Å². The number of aliphatic imine (C=N–C) groups is 1. The van der Waals surface area contributed by atoms with Crippen LogP contribution < -0.4 is 10.9 Å². The number of halogens is 1. The Balaban J connectivity index is 1.38. The van der Waals surface area contributed by atoms with Gasteiger partial charge in [0.2, 0.25) is 0 Å². The second-order valence-electron chi connectivity index (χ2n) is 12.4. The Labute approximate surface area is 256 Å². The molecule has 1 saturated heterocycles. The van der Waals surface area contributed by atoms with E-state index in [1.165, 1.54) is 30.1 Å². The zero-order valence-electron chi connectivity index (χ0n) is 25.9. The van der Waals surface area contributed by atoms with Gasteiger partial charge in [0.05, 0.1) is 23.3 Å². The molecule has 1 aliphatic heterocycles. The van der Waals surface area contributed by atoms with Gasteiger partial charge in [-0.3, -0.25) is 14.6 Å². The molecule has 0 spiro atoms. The molecule has 2 N–H and O–H groups in total. The van der Waals surface area contributed by atoms with Crippen molar-refractivity contribution in [3.8, 4) is 11.3 Å². The number of nitrogens with zero attached hydrogens (tertiary/aromatic N) is 6. The molecule has 1 fully saturated rings. The van der Waals surface area contributed by atoms with Crippen molar-refractivity contribution in [2.75, 3.05) is 38.5 Å². The maximum Gasteiger partial charge on any atom is 0.290 e. The summed E-state index contributed by atoms with van der Waals surface area (Å²) in [6.07, 6.45) is 11.1. The first kappa shape index (κ1) is 30.9. The summed E-state index contributed by atoms with van der Waals surface area (Å²) in [5, 5.41) is 9.27. The number of hydrogen-bond donors (Lipinski definition) is 2. The van der Waals surface area contributed by atoms with Crippen LogP contribution in [0.25, 0.3) is 11.3 Å². The van der Waals surface area contributed by atoms with E-state index in [0.717, 1.165) is 50.4 Å². The molecule has 1 atom stereocenters. The topological polar surface area (TPSA) is 119 Å². The summed E-state index contributed by atoms with van der Waals surface area (Å²) in [7, 11) is 2.14. The summed E-state index contributed by atoms with van der Waals surface area (Å²) < 4.78 is 14.8.